The van der Waals surface area contributed by atoms with Gasteiger partial charge in [0.05, 0.1) is 37.5 Å². The molecule has 3 aliphatic rings. The van der Waals surface area contributed by atoms with Crippen molar-refractivity contribution in [2.75, 3.05) is 32.8 Å². The first-order valence-electron chi connectivity index (χ1n) is 7.91. The molecule has 4 rings (SSSR count). The van der Waals surface area contributed by atoms with Crippen LogP contribution in [0.4, 0.5) is 0 Å². The van der Waals surface area contributed by atoms with Crippen LogP contribution in [0.3, 0.4) is 0 Å². The number of carbonyl (C=O) groups is 1. The van der Waals surface area contributed by atoms with Gasteiger partial charge in [0.25, 0.3) is 5.91 Å². The summed E-state index contributed by atoms with van der Waals surface area (Å²) in [6.07, 6.45) is 1.06. The summed E-state index contributed by atoms with van der Waals surface area (Å²) in [7, 11) is 0. The first kappa shape index (κ1) is 14.2. The molecule has 7 heteroatoms. The summed E-state index contributed by atoms with van der Waals surface area (Å²) in [6.45, 7) is 6.21. The fourth-order valence-electron chi connectivity index (χ4n) is 3.70. The predicted molar refractivity (Wildman–Crippen MR) is 75.5 cm³/mol. The van der Waals surface area contributed by atoms with E-state index in [1.807, 2.05) is 13.0 Å². The number of aromatic nitrogens is 1. The second-order valence-electron chi connectivity index (χ2n) is 6.39. The smallest absolute Gasteiger partial charge is 0.251 e. The second-order valence-corrected chi connectivity index (χ2v) is 6.39. The molecule has 7 nitrogen and oxygen atoms in total. The van der Waals surface area contributed by atoms with Gasteiger partial charge in [-0.05, 0) is 13.3 Å². The molecule has 120 valence electrons. The van der Waals surface area contributed by atoms with E-state index < -0.39 is 0 Å². The fraction of sp³-hybridized carbons (Fsp3) is 0.733. The highest BCUT2D eigenvalue weighted by molar-refractivity contribution is 5.79. The number of carbonyl (C=O) groups excluding carboxylic acids is 1. The summed E-state index contributed by atoms with van der Waals surface area (Å²) in [5.41, 5.74) is 0.934. The summed E-state index contributed by atoms with van der Waals surface area (Å²) in [6, 6.07) is 1.95. The van der Waals surface area contributed by atoms with E-state index in [0.717, 1.165) is 37.5 Å². The van der Waals surface area contributed by atoms with Crippen molar-refractivity contribution in [3.8, 4) is 0 Å². The monoisotopic (exact) mass is 307 g/mol. The van der Waals surface area contributed by atoms with Crippen molar-refractivity contribution in [3.05, 3.63) is 17.5 Å². The molecule has 0 aromatic carbocycles. The van der Waals surface area contributed by atoms with Gasteiger partial charge >= 0.3 is 0 Å². The fourth-order valence-corrected chi connectivity index (χ4v) is 3.70. The van der Waals surface area contributed by atoms with Crippen molar-refractivity contribution in [1.82, 2.24) is 15.1 Å². The molecule has 0 saturated carbocycles. The number of rotatable bonds is 3. The minimum absolute atomic E-state index is 0.0767. The standard InChI is InChI=1S/C15H21N3O4/c1-10-5-11(16-22-10)6-17-7-12-13(9-20-14(12)8-17)15(19)18-3-2-4-21-18/h5,12-14H,2-4,6-9H2,1H3/t12-,13+,14-/m1/s1. The summed E-state index contributed by atoms with van der Waals surface area (Å²) < 4.78 is 11.0. The van der Waals surface area contributed by atoms with Gasteiger partial charge in [0.15, 0.2) is 0 Å². The summed E-state index contributed by atoms with van der Waals surface area (Å²) in [5, 5.41) is 5.57. The third-order valence-corrected chi connectivity index (χ3v) is 4.77. The van der Waals surface area contributed by atoms with Gasteiger partial charge in [0.2, 0.25) is 0 Å². The Morgan fingerprint density at radius 3 is 3.09 bits per heavy atom. The van der Waals surface area contributed by atoms with Gasteiger partial charge in [0, 0.05) is 31.6 Å². The molecule has 0 radical (unpaired) electrons. The Morgan fingerprint density at radius 1 is 1.45 bits per heavy atom. The molecule has 0 aliphatic carbocycles. The molecule has 3 atom stereocenters. The topological polar surface area (TPSA) is 68.0 Å². The zero-order valence-electron chi connectivity index (χ0n) is 12.7. The van der Waals surface area contributed by atoms with Crippen LogP contribution in [0.15, 0.2) is 10.6 Å². The van der Waals surface area contributed by atoms with Crippen molar-refractivity contribution in [3.63, 3.8) is 0 Å². The van der Waals surface area contributed by atoms with E-state index in [4.69, 9.17) is 14.1 Å². The predicted octanol–water partition coefficient (Wildman–Crippen LogP) is 0.594. The second kappa shape index (κ2) is 5.64. The van der Waals surface area contributed by atoms with Gasteiger partial charge in [-0.2, -0.15) is 0 Å². The van der Waals surface area contributed by atoms with E-state index in [0.29, 0.717) is 19.8 Å². The van der Waals surface area contributed by atoms with Crippen LogP contribution in [0.25, 0.3) is 0 Å². The molecule has 0 bridgehead atoms. The maximum atomic E-state index is 12.5. The molecular weight excluding hydrogens is 286 g/mol. The van der Waals surface area contributed by atoms with Crippen molar-refractivity contribution in [1.29, 1.82) is 0 Å². The summed E-state index contributed by atoms with van der Waals surface area (Å²) >= 11 is 0. The van der Waals surface area contributed by atoms with Crippen molar-refractivity contribution >= 4 is 5.91 Å². The number of fused-ring (bicyclic) bond motifs is 1. The number of hydrogen-bond donors (Lipinski definition) is 0. The van der Waals surface area contributed by atoms with Gasteiger partial charge in [0.1, 0.15) is 5.76 Å². The zero-order valence-corrected chi connectivity index (χ0v) is 12.7. The molecule has 22 heavy (non-hydrogen) atoms. The molecule has 3 saturated heterocycles. The number of likely N-dealkylation sites (tertiary alicyclic amines) is 1. The SMILES string of the molecule is Cc1cc(CN2C[C@@H]3[C@@H](C(=O)N4CCCO4)CO[C@@H]3C2)no1. The average molecular weight is 307 g/mol. The maximum absolute atomic E-state index is 12.5. The third kappa shape index (κ3) is 2.53. The van der Waals surface area contributed by atoms with Crippen LogP contribution in [-0.2, 0) is 20.9 Å². The van der Waals surface area contributed by atoms with Crippen LogP contribution in [0.2, 0.25) is 0 Å². The number of nitrogens with zero attached hydrogens (tertiary/aromatic N) is 3. The van der Waals surface area contributed by atoms with Crippen molar-refractivity contribution < 1.29 is 18.9 Å². The Kier molecular flexibility index (Phi) is 3.63. The molecule has 1 aromatic rings. The highest BCUT2D eigenvalue weighted by Gasteiger charge is 2.48. The maximum Gasteiger partial charge on any atom is 0.251 e. The number of aryl methyl sites for hydroxylation is 1. The molecule has 0 spiro atoms. The lowest BCUT2D eigenvalue weighted by Gasteiger charge is -2.22. The van der Waals surface area contributed by atoms with Crippen molar-refractivity contribution in [2.45, 2.75) is 26.0 Å². The van der Waals surface area contributed by atoms with E-state index >= 15 is 0 Å². The van der Waals surface area contributed by atoms with Crippen LogP contribution < -0.4 is 0 Å². The van der Waals surface area contributed by atoms with Crippen LogP contribution in [0.1, 0.15) is 17.9 Å². The van der Waals surface area contributed by atoms with Crippen LogP contribution in [0, 0.1) is 18.8 Å². The van der Waals surface area contributed by atoms with Crippen molar-refractivity contribution in [2.24, 2.45) is 11.8 Å². The molecule has 0 N–H and O–H groups in total. The molecular formula is C15H21N3O4. The van der Waals surface area contributed by atoms with Crippen LogP contribution in [-0.4, -0.2) is 60.0 Å². The molecule has 1 aromatic heterocycles. The van der Waals surface area contributed by atoms with E-state index in [9.17, 15) is 4.79 Å². The lowest BCUT2D eigenvalue weighted by Crippen LogP contribution is -2.38. The number of ether oxygens (including phenoxy) is 1. The van der Waals surface area contributed by atoms with Crippen LogP contribution in [0.5, 0.6) is 0 Å². The first-order chi connectivity index (χ1) is 10.7. The van der Waals surface area contributed by atoms with Crippen LogP contribution >= 0.6 is 0 Å². The minimum atomic E-state index is -0.0767. The molecule has 1 amide bonds. The Balaban J connectivity index is 1.39. The normalized spacial score (nSPS) is 31.9. The van der Waals surface area contributed by atoms with E-state index in [1.54, 1.807) is 0 Å². The summed E-state index contributed by atoms with van der Waals surface area (Å²) in [4.78, 5) is 20.2. The Labute approximate surface area is 129 Å². The average Bonchev–Trinajstić information content (AvgIpc) is 3.22. The van der Waals surface area contributed by atoms with E-state index in [1.165, 1.54) is 5.06 Å². The zero-order chi connectivity index (χ0) is 15.1. The van der Waals surface area contributed by atoms with Gasteiger partial charge in [-0.25, -0.2) is 5.06 Å². The molecule has 3 fully saturated rings. The Bertz CT molecular complexity index is 555. The van der Waals surface area contributed by atoms with Gasteiger partial charge in [-0.3, -0.25) is 14.5 Å². The molecule has 4 heterocycles. The summed E-state index contributed by atoms with van der Waals surface area (Å²) in [5.74, 6) is 1.09. The van der Waals surface area contributed by atoms with E-state index in [2.05, 4.69) is 10.1 Å². The lowest BCUT2D eigenvalue weighted by molar-refractivity contribution is -0.174. The minimum Gasteiger partial charge on any atom is -0.376 e. The quantitative estimate of drug-likeness (QED) is 0.814. The highest BCUT2D eigenvalue weighted by atomic mass is 16.7. The Hall–Kier alpha value is -1.44. The van der Waals surface area contributed by atoms with Gasteiger partial charge in [-0.15, -0.1) is 0 Å². The first-order valence-corrected chi connectivity index (χ1v) is 7.91. The Morgan fingerprint density at radius 2 is 2.36 bits per heavy atom. The van der Waals surface area contributed by atoms with Gasteiger partial charge < -0.3 is 9.26 Å². The van der Waals surface area contributed by atoms with Gasteiger partial charge in [-0.1, -0.05) is 5.16 Å². The largest absolute Gasteiger partial charge is 0.376 e. The lowest BCUT2D eigenvalue weighted by atomic mass is 9.92. The molecule has 3 aliphatic heterocycles. The number of hydrogen-bond acceptors (Lipinski definition) is 6. The highest BCUT2D eigenvalue weighted by Crippen LogP contribution is 2.35. The number of amides is 1. The third-order valence-electron chi connectivity index (χ3n) is 4.77. The molecule has 0 unspecified atom stereocenters. The number of hydroxylamine groups is 2. The van der Waals surface area contributed by atoms with E-state index in [-0.39, 0.29) is 23.8 Å².